The standard InChI is InChI=1S/C13H17ClN2O3S2/c1-8-4-5-16(11(8)7-17)21(18,19)12-6-9(13(15)20)2-3-10(12)14/h2-3,6,8,11,17H,4-5,7H2,1H3,(H2,15,20). The second kappa shape index (κ2) is 6.18. The van der Waals surface area contributed by atoms with E-state index in [-0.39, 0.29) is 27.4 Å². The maximum Gasteiger partial charge on any atom is 0.244 e. The monoisotopic (exact) mass is 348 g/mol. The Kier molecular flexibility index (Phi) is 4.89. The molecule has 1 aromatic rings. The first-order chi connectivity index (χ1) is 9.78. The molecule has 0 bridgehead atoms. The molecule has 3 N–H and O–H groups in total. The van der Waals surface area contributed by atoms with Crippen LogP contribution in [0, 0.1) is 5.92 Å². The van der Waals surface area contributed by atoms with Crippen molar-refractivity contribution in [3.05, 3.63) is 28.8 Å². The minimum Gasteiger partial charge on any atom is -0.395 e. The third-order valence-electron chi connectivity index (χ3n) is 3.82. The summed E-state index contributed by atoms with van der Waals surface area (Å²) in [4.78, 5) is 0.0821. The summed E-state index contributed by atoms with van der Waals surface area (Å²) < 4.78 is 26.9. The van der Waals surface area contributed by atoms with Crippen molar-refractivity contribution < 1.29 is 13.5 Å². The van der Waals surface area contributed by atoms with Crippen molar-refractivity contribution in [1.29, 1.82) is 0 Å². The Bertz CT molecular complexity index is 663. The van der Waals surface area contributed by atoms with E-state index in [0.717, 1.165) is 0 Å². The van der Waals surface area contributed by atoms with Gasteiger partial charge < -0.3 is 10.8 Å². The topological polar surface area (TPSA) is 83.6 Å². The van der Waals surface area contributed by atoms with Gasteiger partial charge in [-0.15, -0.1) is 0 Å². The lowest BCUT2D eigenvalue weighted by Gasteiger charge is -2.25. The molecular weight excluding hydrogens is 332 g/mol. The number of aliphatic hydroxyl groups excluding tert-OH is 1. The third kappa shape index (κ3) is 3.07. The molecule has 1 aliphatic rings. The molecule has 0 spiro atoms. The Morgan fingerprint density at radius 3 is 2.81 bits per heavy atom. The van der Waals surface area contributed by atoms with E-state index in [9.17, 15) is 13.5 Å². The first-order valence-electron chi connectivity index (χ1n) is 6.51. The summed E-state index contributed by atoms with van der Waals surface area (Å²) in [7, 11) is -3.79. The summed E-state index contributed by atoms with van der Waals surface area (Å²) in [5.74, 6) is 0.0994. The van der Waals surface area contributed by atoms with E-state index in [1.54, 1.807) is 6.07 Å². The number of halogens is 1. The van der Waals surface area contributed by atoms with E-state index in [1.165, 1.54) is 16.4 Å². The van der Waals surface area contributed by atoms with Gasteiger partial charge in [0.2, 0.25) is 10.0 Å². The van der Waals surface area contributed by atoms with Gasteiger partial charge in [0.25, 0.3) is 0 Å². The van der Waals surface area contributed by atoms with Gasteiger partial charge in [0.1, 0.15) is 9.88 Å². The van der Waals surface area contributed by atoms with Gasteiger partial charge in [0.15, 0.2) is 0 Å². The normalized spacial score (nSPS) is 23.4. The Labute approximate surface area is 134 Å². The molecule has 2 unspecified atom stereocenters. The van der Waals surface area contributed by atoms with E-state index >= 15 is 0 Å². The van der Waals surface area contributed by atoms with Crippen LogP contribution in [0.5, 0.6) is 0 Å². The lowest BCUT2D eigenvalue weighted by atomic mass is 10.0. The fourth-order valence-electron chi connectivity index (χ4n) is 2.52. The van der Waals surface area contributed by atoms with Crippen molar-refractivity contribution in [1.82, 2.24) is 4.31 Å². The summed E-state index contributed by atoms with van der Waals surface area (Å²) >= 11 is 10.9. The number of rotatable bonds is 4. The Morgan fingerprint density at radius 2 is 2.24 bits per heavy atom. The average Bonchev–Trinajstić information content (AvgIpc) is 2.80. The number of hydrogen-bond acceptors (Lipinski definition) is 4. The molecule has 2 rings (SSSR count). The number of thiocarbonyl (C=S) groups is 1. The molecule has 0 aromatic heterocycles. The average molecular weight is 349 g/mol. The highest BCUT2D eigenvalue weighted by Crippen LogP contribution is 2.33. The van der Waals surface area contributed by atoms with Crippen LogP contribution < -0.4 is 5.73 Å². The van der Waals surface area contributed by atoms with Crippen LogP contribution in [0.3, 0.4) is 0 Å². The minimum absolute atomic E-state index is 0.0259. The van der Waals surface area contributed by atoms with Crippen molar-refractivity contribution in [2.24, 2.45) is 11.7 Å². The molecule has 2 atom stereocenters. The van der Waals surface area contributed by atoms with Gasteiger partial charge in [0, 0.05) is 12.1 Å². The van der Waals surface area contributed by atoms with E-state index in [0.29, 0.717) is 18.5 Å². The molecule has 1 aliphatic heterocycles. The first-order valence-corrected chi connectivity index (χ1v) is 8.73. The maximum absolute atomic E-state index is 12.8. The van der Waals surface area contributed by atoms with Gasteiger partial charge in [-0.3, -0.25) is 0 Å². The second-order valence-electron chi connectivity index (χ2n) is 5.14. The van der Waals surface area contributed by atoms with Crippen molar-refractivity contribution in [3.63, 3.8) is 0 Å². The second-order valence-corrected chi connectivity index (χ2v) is 7.85. The van der Waals surface area contributed by atoms with Gasteiger partial charge >= 0.3 is 0 Å². The van der Waals surface area contributed by atoms with Crippen molar-refractivity contribution >= 4 is 38.8 Å². The molecule has 1 saturated heterocycles. The third-order valence-corrected chi connectivity index (χ3v) is 6.46. The van der Waals surface area contributed by atoms with E-state index < -0.39 is 16.1 Å². The molecular formula is C13H17ClN2O3S2. The van der Waals surface area contributed by atoms with Crippen LogP contribution in [-0.4, -0.2) is 42.0 Å². The van der Waals surface area contributed by atoms with Crippen LogP contribution in [-0.2, 0) is 10.0 Å². The highest BCUT2D eigenvalue weighted by molar-refractivity contribution is 7.89. The van der Waals surface area contributed by atoms with Crippen molar-refractivity contribution in [2.45, 2.75) is 24.3 Å². The molecule has 0 aliphatic carbocycles. The van der Waals surface area contributed by atoms with Crippen LogP contribution in [0.25, 0.3) is 0 Å². The largest absolute Gasteiger partial charge is 0.395 e. The Hall–Kier alpha value is -0.730. The number of aliphatic hydroxyl groups is 1. The summed E-state index contributed by atoms with van der Waals surface area (Å²) in [6, 6.07) is 4.01. The van der Waals surface area contributed by atoms with Crippen molar-refractivity contribution in [3.8, 4) is 0 Å². The molecule has 1 fully saturated rings. The fourth-order valence-corrected chi connectivity index (χ4v) is 4.88. The van der Waals surface area contributed by atoms with Crippen LogP contribution in [0.1, 0.15) is 18.9 Å². The summed E-state index contributed by atoms with van der Waals surface area (Å²) in [6.45, 7) is 2.07. The highest BCUT2D eigenvalue weighted by Gasteiger charge is 2.40. The minimum atomic E-state index is -3.79. The van der Waals surface area contributed by atoms with Crippen molar-refractivity contribution in [2.75, 3.05) is 13.2 Å². The maximum atomic E-state index is 12.8. The number of nitrogens with zero attached hydrogens (tertiary/aromatic N) is 1. The predicted molar refractivity (Wildman–Crippen MR) is 85.9 cm³/mol. The van der Waals surface area contributed by atoms with Crippen LogP contribution in [0.4, 0.5) is 0 Å². The molecule has 0 saturated carbocycles. The van der Waals surface area contributed by atoms with Gasteiger partial charge in [-0.25, -0.2) is 8.42 Å². The zero-order valence-corrected chi connectivity index (χ0v) is 13.9. The number of nitrogens with two attached hydrogens (primary N) is 1. The van der Waals surface area contributed by atoms with Gasteiger partial charge in [-0.05, 0) is 24.5 Å². The zero-order chi connectivity index (χ0) is 15.8. The van der Waals surface area contributed by atoms with Crippen LogP contribution in [0.15, 0.2) is 23.1 Å². The Morgan fingerprint density at radius 1 is 1.57 bits per heavy atom. The molecule has 0 amide bonds. The highest BCUT2D eigenvalue weighted by atomic mass is 35.5. The zero-order valence-electron chi connectivity index (χ0n) is 11.5. The van der Waals surface area contributed by atoms with E-state index in [1.807, 2.05) is 6.92 Å². The summed E-state index contributed by atoms with van der Waals surface area (Å²) in [5.41, 5.74) is 5.99. The molecule has 116 valence electrons. The SMILES string of the molecule is CC1CCN(S(=O)(=O)c2cc(C(N)=S)ccc2Cl)C1CO. The summed E-state index contributed by atoms with van der Waals surface area (Å²) in [5, 5.41) is 9.57. The smallest absolute Gasteiger partial charge is 0.244 e. The van der Waals surface area contributed by atoms with Gasteiger partial charge in [-0.1, -0.05) is 36.8 Å². The number of hydrogen-bond donors (Lipinski definition) is 2. The Balaban J connectivity index is 2.49. The van der Waals surface area contributed by atoms with Crippen LogP contribution in [0.2, 0.25) is 5.02 Å². The van der Waals surface area contributed by atoms with Crippen LogP contribution >= 0.6 is 23.8 Å². The predicted octanol–water partition coefficient (Wildman–Crippen LogP) is 1.37. The number of sulfonamides is 1. The first kappa shape index (κ1) is 16.6. The lowest BCUT2D eigenvalue weighted by Crippen LogP contribution is -2.39. The molecule has 8 heteroatoms. The fraction of sp³-hybridized carbons (Fsp3) is 0.462. The van der Waals surface area contributed by atoms with E-state index in [2.05, 4.69) is 0 Å². The number of benzene rings is 1. The molecule has 5 nitrogen and oxygen atoms in total. The summed E-state index contributed by atoms with van der Waals surface area (Å²) in [6.07, 6.45) is 0.705. The quantitative estimate of drug-likeness (QED) is 0.803. The van der Waals surface area contributed by atoms with Gasteiger partial charge in [0.05, 0.1) is 17.7 Å². The molecule has 1 heterocycles. The molecule has 1 aromatic carbocycles. The molecule has 0 radical (unpaired) electrons. The molecule has 21 heavy (non-hydrogen) atoms. The van der Waals surface area contributed by atoms with Gasteiger partial charge in [-0.2, -0.15) is 4.31 Å². The van der Waals surface area contributed by atoms with E-state index in [4.69, 9.17) is 29.6 Å². The lowest BCUT2D eigenvalue weighted by molar-refractivity contribution is 0.191.